The van der Waals surface area contributed by atoms with Gasteiger partial charge in [0.2, 0.25) is 5.95 Å². The second-order valence-electron chi connectivity index (χ2n) is 3.76. The van der Waals surface area contributed by atoms with Crippen LogP contribution in [0.25, 0.3) is 0 Å². The van der Waals surface area contributed by atoms with Gasteiger partial charge in [-0.2, -0.15) is 4.39 Å². The monoisotopic (exact) mass is 308 g/mol. The van der Waals surface area contributed by atoms with E-state index in [4.69, 9.17) is 0 Å². The van der Waals surface area contributed by atoms with Gasteiger partial charge in [-0.3, -0.25) is 4.79 Å². The van der Waals surface area contributed by atoms with E-state index in [1.165, 1.54) is 18.2 Å². The minimum Gasteiger partial charge on any atom is -0.321 e. The number of nitrogens with one attached hydrogen (secondary N) is 1. The third kappa shape index (κ3) is 2.92. The van der Waals surface area contributed by atoms with Crippen LogP contribution in [0.3, 0.4) is 0 Å². The Morgan fingerprint density at radius 3 is 2.78 bits per heavy atom. The van der Waals surface area contributed by atoms with Gasteiger partial charge in [-0.1, -0.05) is 28.1 Å². The average Bonchev–Trinajstić information content (AvgIpc) is 2.34. The molecule has 0 aliphatic heterocycles. The van der Waals surface area contributed by atoms with Gasteiger partial charge in [-0.25, -0.2) is 4.98 Å². The quantitative estimate of drug-likeness (QED) is 0.862. The van der Waals surface area contributed by atoms with Crippen LogP contribution in [0.2, 0.25) is 0 Å². The Hall–Kier alpha value is -1.75. The number of anilines is 1. The molecule has 1 aromatic heterocycles. The van der Waals surface area contributed by atoms with Crippen LogP contribution >= 0.6 is 15.9 Å². The summed E-state index contributed by atoms with van der Waals surface area (Å²) in [6.07, 6.45) is 0. The van der Waals surface area contributed by atoms with E-state index in [0.29, 0.717) is 5.69 Å². The fourth-order valence-corrected chi connectivity index (χ4v) is 1.78. The molecule has 1 N–H and O–H groups in total. The molecule has 0 fully saturated rings. The van der Waals surface area contributed by atoms with Crippen LogP contribution in [-0.4, -0.2) is 10.9 Å². The molecule has 1 aromatic carbocycles. The lowest BCUT2D eigenvalue weighted by molar-refractivity contribution is 0.102. The highest BCUT2D eigenvalue weighted by Gasteiger charge is 2.08. The second-order valence-corrected chi connectivity index (χ2v) is 4.62. The summed E-state index contributed by atoms with van der Waals surface area (Å²) in [6, 6.07) is 9.53. The molecule has 18 heavy (non-hydrogen) atoms. The summed E-state index contributed by atoms with van der Waals surface area (Å²) in [5, 5.41) is 2.66. The van der Waals surface area contributed by atoms with Crippen molar-refractivity contribution < 1.29 is 9.18 Å². The van der Waals surface area contributed by atoms with Gasteiger partial charge in [0.05, 0.1) is 0 Å². The molecule has 0 aliphatic rings. The topological polar surface area (TPSA) is 42.0 Å². The summed E-state index contributed by atoms with van der Waals surface area (Å²) in [5.41, 5.74) is 1.74. The van der Waals surface area contributed by atoms with Gasteiger partial charge in [0.15, 0.2) is 0 Å². The summed E-state index contributed by atoms with van der Waals surface area (Å²) < 4.78 is 13.8. The summed E-state index contributed by atoms with van der Waals surface area (Å²) in [5.74, 6) is -1.11. The number of rotatable bonds is 2. The fraction of sp³-hybridized carbons (Fsp3) is 0.0769. The van der Waals surface area contributed by atoms with Crippen molar-refractivity contribution in [3.8, 4) is 0 Å². The highest BCUT2D eigenvalue weighted by atomic mass is 79.9. The predicted octanol–water partition coefficient (Wildman–Crippen LogP) is 3.54. The third-order valence-electron chi connectivity index (χ3n) is 2.38. The zero-order valence-electron chi connectivity index (χ0n) is 9.58. The van der Waals surface area contributed by atoms with Crippen molar-refractivity contribution in [3.63, 3.8) is 0 Å². The first kappa shape index (κ1) is 12.7. The minimum absolute atomic E-state index is 0.0479. The molecule has 1 heterocycles. The molecule has 0 atom stereocenters. The van der Waals surface area contributed by atoms with E-state index in [2.05, 4.69) is 26.2 Å². The minimum atomic E-state index is -0.673. The molecule has 0 bridgehead atoms. The lowest BCUT2D eigenvalue weighted by Gasteiger charge is -2.06. The van der Waals surface area contributed by atoms with Gasteiger partial charge in [0, 0.05) is 10.2 Å². The molecule has 0 saturated carbocycles. The van der Waals surface area contributed by atoms with E-state index < -0.39 is 11.9 Å². The molecule has 92 valence electrons. The predicted molar refractivity (Wildman–Crippen MR) is 71.0 cm³/mol. The fourth-order valence-electron chi connectivity index (χ4n) is 1.40. The number of aryl methyl sites for hydroxylation is 1. The van der Waals surface area contributed by atoms with E-state index in [0.717, 1.165) is 10.0 Å². The number of carbonyl (C=O) groups is 1. The summed E-state index contributed by atoms with van der Waals surface area (Å²) >= 11 is 3.38. The lowest BCUT2D eigenvalue weighted by Crippen LogP contribution is -2.14. The first-order valence-electron chi connectivity index (χ1n) is 5.26. The molecule has 2 aromatic rings. The average molecular weight is 309 g/mol. The molecule has 0 saturated heterocycles. The van der Waals surface area contributed by atoms with Gasteiger partial charge >= 0.3 is 0 Å². The van der Waals surface area contributed by atoms with Crippen molar-refractivity contribution >= 4 is 27.5 Å². The number of aromatic nitrogens is 1. The highest BCUT2D eigenvalue weighted by Crippen LogP contribution is 2.20. The molecule has 2 rings (SSSR count). The number of halogens is 2. The molecule has 0 radical (unpaired) electrons. The van der Waals surface area contributed by atoms with Crippen LogP contribution in [0.1, 0.15) is 16.1 Å². The molecule has 0 aliphatic carbocycles. The largest absolute Gasteiger partial charge is 0.321 e. The van der Waals surface area contributed by atoms with Gasteiger partial charge < -0.3 is 5.32 Å². The van der Waals surface area contributed by atoms with Gasteiger partial charge in [-0.15, -0.1) is 0 Å². The SMILES string of the molecule is Cc1ccc(NC(=O)c2cccc(F)n2)cc1Br. The number of nitrogens with zero attached hydrogens (tertiary/aromatic N) is 1. The Labute approximate surface area is 112 Å². The summed E-state index contributed by atoms with van der Waals surface area (Å²) in [6.45, 7) is 1.95. The molecular formula is C13H10BrFN2O. The molecule has 5 heteroatoms. The van der Waals surface area contributed by atoms with Crippen LogP contribution < -0.4 is 5.32 Å². The standard InChI is InChI=1S/C13H10BrFN2O/c1-8-5-6-9(7-10(8)14)16-13(18)11-3-2-4-12(15)17-11/h2-7H,1H3,(H,16,18). The van der Waals surface area contributed by atoms with Gasteiger partial charge in [-0.05, 0) is 36.8 Å². The summed E-state index contributed by atoms with van der Waals surface area (Å²) in [4.78, 5) is 15.3. The Morgan fingerprint density at radius 2 is 2.11 bits per heavy atom. The Bertz CT molecular complexity index is 601. The zero-order chi connectivity index (χ0) is 13.1. The maximum absolute atomic E-state index is 12.9. The smallest absolute Gasteiger partial charge is 0.274 e. The zero-order valence-corrected chi connectivity index (χ0v) is 11.2. The number of amides is 1. The van der Waals surface area contributed by atoms with Gasteiger partial charge in [0.1, 0.15) is 5.69 Å². The molecule has 3 nitrogen and oxygen atoms in total. The van der Waals surface area contributed by atoms with Crippen LogP contribution in [0.5, 0.6) is 0 Å². The first-order valence-corrected chi connectivity index (χ1v) is 6.05. The van der Waals surface area contributed by atoms with E-state index >= 15 is 0 Å². The van der Waals surface area contributed by atoms with Crippen LogP contribution in [0, 0.1) is 12.9 Å². The van der Waals surface area contributed by atoms with E-state index in [-0.39, 0.29) is 5.69 Å². The third-order valence-corrected chi connectivity index (χ3v) is 3.23. The van der Waals surface area contributed by atoms with Crippen LogP contribution in [0.4, 0.5) is 10.1 Å². The van der Waals surface area contributed by atoms with Crippen molar-refractivity contribution in [1.29, 1.82) is 0 Å². The molecule has 1 amide bonds. The van der Waals surface area contributed by atoms with E-state index in [1.54, 1.807) is 12.1 Å². The highest BCUT2D eigenvalue weighted by molar-refractivity contribution is 9.10. The Morgan fingerprint density at radius 1 is 1.33 bits per heavy atom. The molecular weight excluding hydrogens is 299 g/mol. The maximum Gasteiger partial charge on any atom is 0.274 e. The van der Waals surface area contributed by atoms with Gasteiger partial charge in [0.25, 0.3) is 5.91 Å². The number of pyridine rings is 1. The van der Waals surface area contributed by atoms with E-state index in [1.807, 2.05) is 13.0 Å². The lowest BCUT2D eigenvalue weighted by atomic mass is 10.2. The molecule has 0 spiro atoms. The summed E-state index contributed by atoms with van der Waals surface area (Å²) in [7, 11) is 0. The molecule has 0 unspecified atom stereocenters. The number of benzene rings is 1. The van der Waals surface area contributed by atoms with Crippen molar-refractivity contribution in [2.75, 3.05) is 5.32 Å². The van der Waals surface area contributed by atoms with Crippen LogP contribution in [0.15, 0.2) is 40.9 Å². The van der Waals surface area contributed by atoms with E-state index in [9.17, 15) is 9.18 Å². The normalized spacial score (nSPS) is 10.2. The maximum atomic E-state index is 12.9. The number of hydrogen-bond acceptors (Lipinski definition) is 2. The van der Waals surface area contributed by atoms with Crippen LogP contribution in [-0.2, 0) is 0 Å². The van der Waals surface area contributed by atoms with Crippen molar-refractivity contribution in [2.45, 2.75) is 6.92 Å². The number of hydrogen-bond donors (Lipinski definition) is 1. The Kier molecular flexibility index (Phi) is 3.72. The van der Waals surface area contributed by atoms with Crippen molar-refractivity contribution in [2.24, 2.45) is 0 Å². The number of carbonyl (C=O) groups excluding carboxylic acids is 1. The van der Waals surface area contributed by atoms with Crippen molar-refractivity contribution in [3.05, 3.63) is 58.1 Å². The van der Waals surface area contributed by atoms with Crippen molar-refractivity contribution in [1.82, 2.24) is 4.98 Å². The Balaban J connectivity index is 2.18. The first-order chi connectivity index (χ1) is 8.56. The second kappa shape index (κ2) is 5.27.